The summed E-state index contributed by atoms with van der Waals surface area (Å²) >= 11 is 0. The molecule has 1 aromatic heterocycles. The van der Waals surface area contributed by atoms with Crippen molar-refractivity contribution in [3.8, 4) is 0 Å². The van der Waals surface area contributed by atoms with E-state index in [0.29, 0.717) is 50.6 Å². The Labute approximate surface area is 194 Å². The normalized spacial score (nSPS) is 22.5. The van der Waals surface area contributed by atoms with E-state index in [1.165, 1.54) is 11.1 Å². The molecule has 0 spiro atoms. The lowest BCUT2D eigenvalue weighted by Gasteiger charge is -2.30. The average molecular weight is 469 g/mol. The molecule has 5 rings (SSSR count). The molecule has 0 bridgehead atoms. The van der Waals surface area contributed by atoms with E-state index < -0.39 is 10.6 Å². The van der Waals surface area contributed by atoms with Crippen LogP contribution in [0, 0.1) is 5.92 Å². The summed E-state index contributed by atoms with van der Waals surface area (Å²) in [6, 6.07) is 11.6. The van der Waals surface area contributed by atoms with Crippen molar-refractivity contribution in [1.29, 1.82) is 0 Å². The molecule has 9 heteroatoms. The van der Waals surface area contributed by atoms with Crippen LogP contribution in [-0.4, -0.2) is 60.4 Å². The van der Waals surface area contributed by atoms with E-state index in [1.54, 1.807) is 22.1 Å². The summed E-state index contributed by atoms with van der Waals surface area (Å²) in [5, 5.41) is 2.87. The van der Waals surface area contributed by atoms with Gasteiger partial charge in [-0.25, -0.2) is 9.78 Å². The fraction of sp³-hybridized carbons (Fsp3) is 0.375. The number of amides is 3. The van der Waals surface area contributed by atoms with Crippen LogP contribution < -0.4 is 5.32 Å². The van der Waals surface area contributed by atoms with Gasteiger partial charge in [0, 0.05) is 43.9 Å². The van der Waals surface area contributed by atoms with Crippen molar-refractivity contribution in [2.24, 2.45) is 5.92 Å². The lowest BCUT2D eigenvalue weighted by Crippen LogP contribution is -2.39. The highest BCUT2D eigenvalue weighted by Crippen LogP contribution is 2.48. The van der Waals surface area contributed by atoms with Crippen molar-refractivity contribution >= 4 is 33.9 Å². The summed E-state index contributed by atoms with van der Waals surface area (Å²) in [6.45, 7) is 2.32. The number of urea groups is 1. The predicted molar refractivity (Wildman–Crippen MR) is 129 cm³/mol. The van der Waals surface area contributed by atoms with Crippen molar-refractivity contribution in [1.82, 2.24) is 14.8 Å². The fourth-order valence-electron chi connectivity index (χ4n) is 4.73. The van der Waals surface area contributed by atoms with E-state index in [0.717, 1.165) is 11.1 Å². The number of anilines is 1. The van der Waals surface area contributed by atoms with Gasteiger partial charge in [-0.15, -0.1) is 0 Å². The number of fused-ring (bicyclic) bond motifs is 1. The topological polar surface area (TPSA) is 106 Å². The van der Waals surface area contributed by atoms with Crippen LogP contribution >= 0.6 is 10.6 Å². The van der Waals surface area contributed by atoms with Crippen LogP contribution in [0.4, 0.5) is 10.6 Å². The SMILES string of the molecule is O=C(Nc1ccc(C2=CCN(C(=O)C3CCS(O)(O)C3)CC2)cn1)N1Cc2ccccc2C1. The number of pyridine rings is 1. The number of benzene rings is 1. The van der Waals surface area contributed by atoms with Crippen LogP contribution in [0.5, 0.6) is 0 Å². The molecule has 1 atom stereocenters. The maximum atomic E-state index is 12.7. The number of hydrogen-bond acceptors (Lipinski definition) is 5. The molecule has 2 aromatic rings. The third kappa shape index (κ3) is 4.75. The summed E-state index contributed by atoms with van der Waals surface area (Å²) < 4.78 is 19.6. The first-order chi connectivity index (χ1) is 15.9. The van der Waals surface area contributed by atoms with Gasteiger partial charge < -0.3 is 9.80 Å². The van der Waals surface area contributed by atoms with Crippen LogP contribution in [0.25, 0.3) is 5.57 Å². The molecule has 1 unspecified atom stereocenters. The molecule has 0 radical (unpaired) electrons. The molecule has 8 nitrogen and oxygen atoms in total. The van der Waals surface area contributed by atoms with Gasteiger partial charge in [0.15, 0.2) is 0 Å². The highest BCUT2D eigenvalue weighted by molar-refractivity contribution is 8.24. The second kappa shape index (κ2) is 8.81. The largest absolute Gasteiger partial charge is 0.338 e. The van der Waals surface area contributed by atoms with Crippen LogP contribution in [0.15, 0.2) is 48.7 Å². The van der Waals surface area contributed by atoms with E-state index in [2.05, 4.69) is 10.3 Å². The van der Waals surface area contributed by atoms with Gasteiger partial charge in [-0.3, -0.25) is 19.2 Å². The lowest BCUT2D eigenvalue weighted by molar-refractivity contribution is -0.134. The van der Waals surface area contributed by atoms with Gasteiger partial charge in [-0.05, 0) is 47.2 Å². The molecule has 1 aromatic carbocycles. The van der Waals surface area contributed by atoms with Gasteiger partial charge in [0.25, 0.3) is 0 Å². The lowest BCUT2D eigenvalue weighted by atomic mass is 9.99. The number of aromatic nitrogens is 1. The minimum Gasteiger partial charge on any atom is -0.338 e. The summed E-state index contributed by atoms with van der Waals surface area (Å²) in [6.07, 6.45) is 5.05. The highest BCUT2D eigenvalue weighted by atomic mass is 32.3. The van der Waals surface area contributed by atoms with Gasteiger partial charge in [0.1, 0.15) is 5.82 Å². The van der Waals surface area contributed by atoms with Crippen molar-refractivity contribution in [2.75, 3.05) is 29.9 Å². The van der Waals surface area contributed by atoms with E-state index in [4.69, 9.17) is 0 Å². The van der Waals surface area contributed by atoms with Gasteiger partial charge in [0.2, 0.25) is 5.91 Å². The van der Waals surface area contributed by atoms with E-state index in [9.17, 15) is 18.7 Å². The zero-order valence-electron chi connectivity index (χ0n) is 18.3. The Balaban J connectivity index is 1.16. The quantitative estimate of drug-likeness (QED) is 0.631. The molecule has 174 valence electrons. The summed E-state index contributed by atoms with van der Waals surface area (Å²) in [4.78, 5) is 33.3. The smallest absolute Gasteiger partial charge is 0.323 e. The first-order valence-electron chi connectivity index (χ1n) is 11.2. The molecule has 1 saturated heterocycles. The first kappa shape index (κ1) is 21.9. The van der Waals surface area contributed by atoms with Crippen LogP contribution in [-0.2, 0) is 17.9 Å². The maximum Gasteiger partial charge on any atom is 0.323 e. The molecule has 4 heterocycles. The Hall–Kier alpha value is -2.88. The van der Waals surface area contributed by atoms with Crippen molar-refractivity contribution in [3.63, 3.8) is 0 Å². The van der Waals surface area contributed by atoms with Crippen molar-refractivity contribution < 1.29 is 18.7 Å². The molecule has 3 aliphatic heterocycles. The third-order valence-electron chi connectivity index (χ3n) is 6.63. The molecule has 3 N–H and O–H groups in total. The zero-order chi connectivity index (χ0) is 23.0. The summed E-state index contributed by atoms with van der Waals surface area (Å²) in [5.41, 5.74) is 4.45. The second-order valence-electron chi connectivity index (χ2n) is 8.91. The Morgan fingerprint density at radius 2 is 1.82 bits per heavy atom. The molecule has 0 saturated carbocycles. The van der Waals surface area contributed by atoms with Crippen LogP contribution in [0.3, 0.4) is 0 Å². The standard InChI is InChI=1S/C24H28N4O4S/c29-23(21-9-12-33(31,32)16-21)27-10-7-17(8-11-27)18-5-6-22(25-13-18)26-24(30)28-14-19-3-1-2-4-20(19)15-28/h1-7,13,21,31-32H,8-12,14-16H2,(H,25,26,30). The molecular weight excluding hydrogens is 440 g/mol. The maximum absolute atomic E-state index is 12.7. The second-order valence-corrected chi connectivity index (χ2v) is 11.3. The molecule has 1 fully saturated rings. The number of hydrogen-bond donors (Lipinski definition) is 3. The van der Waals surface area contributed by atoms with Gasteiger partial charge in [0.05, 0.1) is 5.92 Å². The van der Waals surface area contributed by atoms with Gasteiger partial charge in [-0.1, -0.05) is 30.3 Å². The third-order valence-corrected chi connectivity index (χ3v) is 8.45. The Bertz CT molecular complexity index is 1080. The Morgan fingerprint density at radius 3 is 2.39 bits per heavy atom. The minimum atomic E-state index is -2.57. The molecule has 3 amide bonds. The van der Waals surface area contributed by atoms with Crippen LogP contribution in [0.2, 0.25) is 0 Å². The zero-order valence-corrected chi connectivity index (χ0v) is 19.1. The average Bonchev–Trinajstić information content (AvgIpc) is 3.42. The number of nitrogens with zero attached hydrogens (tertiary/aromatic N) is 3. The first-order valence-corrected chi connectivity index (χ1v) is 13.1. The predicted octanol–water partition coefficient (Wildman–Crippen LogP) is 4.02. The number of rotatable bonds is 3. The van der Waals surface area contributed by atoms with E-state index >= 15 is 0 Å². The van der Waals surface area contributed by atoms with Gasteiger partial charge >= 0.3 is 6.03 Å². The number of carbonyl (C=O) groups excluding carboxylic acids is 2. The molecule has 33 heavy (non-hydrogen) atoms. The van der Waals surface area contributed by atoms with Crippen molar-refractivity contribution in [3.05, 3.63) is 65.4 Å². The molecular formula is C24H28N4O4S. The monoisotopic (exact) mass is 468 g/mol. The van der Waals surface area contributed by atoms with Gasteiger partial charge in [-0.2, -0.15) is 10.6 Å². The van der Waals surface area contributed by atoms with E-state index in [1.807, 2.05) is 36.4 Å². The fourth-order valence-corrected chi connectivity index (χ4v) is 6.51. The number of carbonyl (C=O) groups is 2. The summed E-state index contributed by atoms with van der Waals surface area (Å²) in [5.74, 6) is 0.769. The Morgan fingerprint density at radius 1 is 1.06 bits per heavy atom. The van der Waals surface area contributed by atoms with Crippen molar-refractivity contribution in [2.45, 2.75) is 25.9 Å². The Kier molecular flexibility index (Phi) is 5.86. The molecule has 3 aliphatic rings. The van der Waals surface area contributed by atoms with E-state index in [-0.39, 0.29) is 23.6 Å². The molecule has 0 aliphatic carbocycles. The summed E-state index contributed by atoms with van der Waals surface area (Å²) in [7, 11) is -2.57. The minimum absolute atomic E-state index is 0.0167. The highest BCUT2D eigenvalue weighted by Gasteiger charge is 2.35. The van der Waals surface area contributed by atoms with Crippen LogP contribution in [0.1, 0.15) is 29.5 Å². The number of nitrogens with one attached hydrogen (secondary N) is 1.